The van der Waals surface area contributed by atoms with Gasteiger partial charge in [0.1, 0.15) is 3.61 Å². The highest BCUT2D eigenvalue weighted by Gasteiger charge is 2.46. The first-order valence-electron chi connectivity index (χ1n) is 3.15. The molecule has 46 valence electrons. The molecular formula is C6H9IO. The summed E-state index contributed by atoms with van der Waals surface area (Å²) in [5, 5.41) is 0. The first-order chi connectivity index (χ1) is 3.79. The molecule has 2 heteroatoms. The topological polar surface area (TPSA) is 9.23 Å². The predicted octanol–water partition coefficient (Wildman–Crippen LogP) is 2.09. The van der Waals surface area contributed by atoms with E-state index in [2.05, 4.69) is 22.6 Å². The minimum Gasteiger partial charge on any atom is -0.361 e. The highest BCUT2D eigenvalue weighted by molar-refractivity contribution is 14.1. The molecule has 2 bridgehead atoms. The third-order valence-corrected chi connectivity index (χ3v) is 3.22. The number of hydrogen-bond donors (Lipinski definition) is 0. The van der Waals surface area contributed by atoms with Gasteiger partial charge in [-0.15, -0.1) is 0 Å². The number of hydrogen-bond acceptors (Lipinski definition) is 1. The SMILES string of the molecule is IC12CCCC(C1)O2. The molecule has 1 aliphatic carbocycles. The Bertz CT molecular complexity index is 102. The Morgan fingerprint density at radius 3 is 2.62 bits per heavy atom. The average molecular weight is 224 g/mol. The molecule has 1 saturated carbocycles. The molecule has 0 aromatic heterocycles. The van der Waals surface area contributed by atoms with Gasteiger partial charge in [-0.25, -0.2) is 0 Å². The molecule has 0 amide bonds. The average Bonchev–Trinajstić information content (AvgIpc) is 1.63. The fourth-order valence-electron chi connectivity index (χ4n) is 1.54. The van der Waals surface area contributed by atoms with E-state index < -0.39 is 0 Å². The van der Waals surface area contributed by atoms with Gasteiger partial charge in [-0.1, -0.05) is 0 Å². The van der Waals surface area contributed by atoms with Gasteiger partial charge in [0.15, 0.2) is 0 Å². The first kappa shape index (κ1) is 5.47. The lowest BCUT2D eigenvalue weighted by Crippen LogP contribution is -2.49. The van der Waals surface area contributed by atoms with Crippen LogP contribution in [0.25, 0.3) is 0 Å². The lowest BCUT2D eigenvalue weighted by atomic mass is 9.89. The normalized spacial score (nSPS) is 52.9. The van der Waals surface area contributed by atoms with Crippen molar-refractivity contribution in [2.45, 2.75) is 35.4 Å². The van der Waals surface area contributed by atoms with Gasteiger partial charge in [-0.05, 0) is 41.9 Å². The van der Waals surface area contributed by atoms with Gasteiger partial charge in [-0.2, -0.15) is 0 Å². The van der Waals surface area contributed by atoms with Gasteiger partial charge in [0.05, 0.1) is 6.10 Å². The second-order valence-electron chi connectivity index (χ2n) is 2.72. The largest absolute Gasteiger partial charge is 0.361 e. The van der Waals surface area contributed by atoms with E-state index in [1.807, 2.05) is 0 Å². The molecule has 0 aromatic rings. The van der Waals surface area contributed by atoms with E-state index in [9.17, 15) is 0 Å². The van der Waals surface area contributed by atoms with Gasteiger partial charge in [-0.3, -0.25) is 0 Å². The van der Waals surface area contributed by atoms with Crippen molar-refractivity contribution in [1.29, 1.82) is 0 Å². The molecule has 8 heavy (non-hydrogen) atoms. The molecule has 0 radical (unpaired) electrons. The second-order valence-corrected chi connectivity index (χ2v) is 4.69. The Labute approximate surface area is 62.9 Å². The van der Waals surface area contributed by atoms with Gasteiger partial charge in [0.25, 0.3) is 0 Å². The summed E-state index contributed by atoms with van der Waals surface area (Å²) in [7, 11) is 0. The second kappa shape index (κ2) is 1.59. The Kier molecular flexibility index (Phi) is 1.09. The van der Waals surface area contributed by atoms with Crippen molar-refractivity contribution in [2.24, 2.45) is 0 Å². The summed E-state index contributed by atoms with van der Waals surface area (Å²) in [4.78, 5) is 0. The smallest absolute Gasteiger partial charge is 0.122 e. The Hall–Kier alpha value is 0.690. The molecule has 0 N–H and O–H groups in total. The van der Waals surface area contributed by atoms with E-state index in [1.165, 1.54) is 25.7 Å². The lowest BCUT2D eigenvalue weighted by molar-refractivity contribution is -0.167. The van der Waals surface area contributed by atoms with Gasteiger partial charge >= 0.3 is 0 Å². The number of halogens is 1. The fourth-order valence-corrected chi connectivity index (χ4v) is 2.78. The maximum absolute atomic E-state index is 5.55. The molecule has 1 nitrogen and oxygen atoms in total. The van der Waals surface area contributed by atoms with Crippen LogP contribution in [0.5, 0.6) is 0 Å². The van der Waals surface area contributed by atoms with E-state index in [0.29, 0.717) is 9.71 Å². The standard InChI is InChI=1S/C6H9IO/c7-6-3-1-2-5(4-6)8-6/h5H,1-4H2. The third-order valence-electron chi connectivity index (χ3n) is 1.99. The summed E-state index contributed by atoms with van der Waals surface area (Å²) in [6.07, 6.45) is 5.93. The summed E-state index contributed by atoms with van der Waals surface area (Å²) in [6, 6.07) is 0. The van der Waals surface area contributed by atoms with Gasteiger partial charge < -0.3 is 4.74 Å². The van der Waals surface area contributed by atoms with Crippen molar-refractivity contribution >= 4 is 22.6 Å². The maximum Gasteiger partial charge on any atom is 0.122 e. The Morgan fingerprint density at radius 2 is 2.38 bits per heavy atom. The van der Waals surface area contributed by atoms with E-state index in [0.717, 1.165) is 0 Å². The van der Waals surface area contributed by atoms with Crippen molar-refractivity contribution in [3.8, 4) is 0 Å². The van der Waals surface area contributed by atoms with Crippen LogP contribution in [0, 0.1) is 0 Å². The zero-order chi connectivity index (χ0) is 5.61. The number of fused-ring (bicyclic) bond motifs is 2. The van der Waals surface area contributed by atoms with Crippen LogP contribution in [0.1, 0.15) is 25.7 Å². The third kappa shape index (κ3) is 0.692. The van der Waals surface area contributed by atoms with Crippen molar-refractivity contribution in [2.75, 3.05) is 0 Å². The molecule has 3 rings (SSSR count). The van der Waals surface area contributed by atoms with Gasteiger partial charge in [0, 0.05) is 6.42 Å². The molecule has 2 saturated heterocycles. The zero-order valence-electron chi connectivity index (χ0n) is 4.69. The van der Waals surface area contributed by atoms with Crippen LogP contribution in [0.2, 0.25) is 0 Å². The number of alkyl halides is 1. The van der Waals surface area contributed by atoms with Crippen molar-refractivity contribution in [3.63, 3.8) is 0 Å². The summed E-state index contributed by atoms with van der Waals surface area (Å²) in [5.41, 5.74) is 0. The van der Waals surface area contributed by atoms with Gasteiger partial charge in [0.2, 0.25) is 0 Å². The lowest BCUT2D eigenvalue weighted by Gasteiger charge is -2.48. The minimum absolute atomic E-state index is 0.292. The Balaban J connectivity index is 2.06. The predicted molar refractivity (Wildman–Crippen MR) is 40.1 cm³/mol. The van der Waals surface area contributed by atoms with Crippen LogP contribution in [0.15, 0.2) is 0 Å². The highest BCUT2D eigenvalue weighted by atomic mass is 127. The van der Waals surface area contributed by atoms with Crippen molar-refractivity contribution in [1.82, 2.24) is 0 Å². The summed E-state index contributed by atoms with van der Waals surface area (Å²) < 4.78 is 5.84. The summed E-state index contributed by atoms with van der Waals surface area (Å²) in [6.45, 7) is 0. The van der Waals surface area contributed by atoms with E-state index in [1.54, 1.807) is 0 Å². The van der Waals surface area contributed by atoms with Crippen LogP contribution in [0.3, 0.4) is 0 Å². The quantitative estimate of drug-likeness (QED) is 0.452. The van der Waals surface area contributed by atoms with Crippen molar-refractivity contribution in [3.05, 3.63) is 0 Å². The maximum atomic E-state index is 5.55. The highest BCUT2D eigenvalue weighted by Crippen LogP contribution is 2.48. The van der Waals surface area contributed by atoms with E-state index >= 15 is 0 Å². The number of rotatable bonds is 0. The van der Waals surface area contributed by atoms with Crippen LogP contribution < -0.4 is 0 Å². The molecule has 3 aliphatic rings. The molecular weight excluding hydrogens is 215 g/mol. The van der Waals surface area contributed by atoms with Crippen LogP contribution >= 0.6 is 22.6 Å². The minimum atomic E-state index is 0.292. The fraction of sp³-hybridized carbons (Fsp3) is 1.00. The molecule has 2 atom stereocenters. The molecule has 2 unspecified atom stereocenters. The molecule has 3 fully saturated rings. The number of ether oxygens (including phenoxy) is 1. The van der Waals surface area contributed by atoms with Crippen molar-refractivity contribution < 1.29 is 4.74 Å². The van der Waals surface area contributed by atoms with Crippen LogP contribution in [-0.2, 0) is 4.74 Å². The first-order valence-corrected chi connectivity index (χ1v) is 4.23. The monoisotopic (exact) mass is 224 g/mol. The molecule has 2 aliphatic heterocycles. The molecule has 2 heterocycles. The zero-order valence-corrected chi connectivity index (χ0v) is 6.85. The van der Waals surface area contributed by atoms with Crippen LogP contribution in [-0.4, -0.2) is 9.71 Å². The summed E-state index contributed by atoms with van der Waals surface area (Å²) in [5.74, 6) is 0. The molecule has 0 aromatic carbocycles. The summed E-state index contributed by atoms with van der Waals surface area (Å²) >= 11 is 2.43. The Morgan fingerprint density at radius 1 is 1.62 bits per heavy atom. The van der Waals surface area contributed by atoms with Crippen LogP contribution in [0.4, 0.5) is 0 Å². The molecule has 0 spiro atoms. The van der Waals surface area contributed by atoms with E-state index in [4.69, 9.17) is 4.74 Å². The van der Waals surface area contributed by atoms with E-state index in [-0.39, 0.29) is 0 Å².